The Kier molecular flexibility index (Phi) is 1.44. The van der Waals surface area contributed by atoms with Crippen LogP contribution in [0.1, 0.15) is 11.1 Å². The third-order valence-corrected chi connectivity index (χ3v) is 0.882. The molecule has 1 heterocycles. The molecule has 0 saturated carbocycles. The molecule has 1 aromatic rings. The van der Waals surface area contributed by atoms with Gasteiger partial charge in [-0.3, -0.25) is 9.59 Å². The van der Waals surface area contributed by atoms with E-state index in [-0.39, 0.29) is 11.1 Å². The summed E-state index contributed by atoms with van der Waals surface area (Å²) in [4.78, 5) is 19.8. The summed E-state index contributed by atoms with van der Waals surface area (Å²) in [7, 11) is 0. The Morgan fingerprint density at radius 2 is 1.56 bits per heavy atom. The summed E-state index contributed by atoms with van der Waals surface area (Å²) in [5, 5.41) is 0. The number of furan rings is 1. The van der Waals surface area contributed by atoms with Gasteiger partial charge < -0.3 is 4.42 Å². The average molecular weight is 122 g/mol. The summed E-state index contributed by atoms with van der Waals surface area (Å²) < 4.78 is 4.50. The summed E-state index contributed by atoms with van der Waals surface area (Å²) in [6, 6.07) is 0. The Hall–Kier alpha value is -1.38. The van der Waals surface area contributed by atoms with E-state index in [1.165, 1.54) is 12.6 Å². The first kappa shape index (κ1) is 5.75. The van der Waals surface area contributed by atoms with Gasteiger partial charge in [0.15, 0.2) is 0 Å². The first-order valence-corrected chi connectivity index (χ1v) is 2.21. The minimum Gasteiger partial charge on any atom is -0.471 e. The van der Waals surface area contributed by atoms with E-state index >= 15 is 0 Å². The van der Waals surface area contributed by atoms with Crippen LogP contribution in [-0.2, 0) is 9.59 Å². The minimum absolute atomic E-state index is 0.116. The summed E-state index contributed by atoms with van der Waals surface area (Å²) >= 11 is 0. The second-order valence-electron chi connectivity index (χ2n) is 1.40. The lowest BCUT2D eigenvalue weighted by atomic mass is 10.2. The molecule has 0 fully saturated rings. The van der Waals surface area contributed by atoms with Crippen LogP contribution in [0.5, 0.6) is 0 Å². The molecule has 0 spiro atoms. The molecule has 0 unspecified atom stereocenters. The predicted octanol–water partition coefficient (Wildman–Crippen LogP) is 0.195. The lowest BCUT2D eigenvalue weighted by Crippen LogP contribution is -1.82. The van der Waals surface area contributed by atoms with Crippen LogP contribution in [0.2, 0.25) is 0 Å². The van der Waals surface area contributed by atoms with Crippen LogP contribution >= 0.6 is 0 Å². The summed E-state index contributed by atoms with van der Waals surface area (Å²) in [6.07, 6.45) is 5.33. The Bertz CT molecular complexity index is 201. The normalized spacial score (nSPS) is 8.89. The number of hydrogen-bond acceptors (Lipinski definition) is 3. The third-order valence-electron chi connectivity index (χ3n) is 0.882. The Morgan fingerprint density at radius 3 is 1.89 bits per heavy atom. The largest absolute Gasteiger partial charge is 0.471 e. The van der Waals surface area contributed by atoms with Gasteiger partial charge in [-0.25, -0.2) is 0 Å². The second-order valence-corrected chi connectivity index (χ2v) is 1.40. The van der Waals surface area contributed by atoms with Gasteiger partial charge in [-0.15, -0.1) is 0 Å². The van der Waals surface area contributed by atoms with Crippen LogP contribution in [0.4, 0.5) is 0 Å². The predicted molar refractivity (Wildman–Crippen MR) is 28.3 cm³/mol. The minimum atomic E-state index is 0.116. The topological polar surface area (TPSA) is 47.3 Å². The van der Waals surface area contributed by atoms with E-state index in [4.69, 9.17) is 0 Å². The molecule has 0 aliphatic heterocycles. The first-order valence-electron chi connectivity index (χ1n) is 2.21. The van der Waals surface area contributed by atoms with Crippen LogP contribution < -0.4 is 0 Å². The number of rotatable bonds is 2. The van der Waals surface area contributed by atoms with Crippen molar-refractivity contribution in [1.82, 2.24) is 0 Å². The maximum absolute atomic E-state index is 9.88. The molecular formula is C6H2O3. The van der Waals surface area contributed by atoms with Crippen LogP contribution in [0.3, 0.4) is 0 Å². The molecule has 2 radical (unpaired) electrons. The number of carbonyl (C=O) groups excluding carboxylic acids is 2. The maximum atomic E-state index is 9.88. The fourth-order valence-corrected chi connectivity index (χ4v) is 0.455. The van der Waals surface area contributed by atoms with Crippen molar-refractivity contribution in [2.45, 2.75) is 0 Å². The molecule has 3 heteroatoms. The highest BCUT2D eigenvalue weighted by Crippen LogP contribution is 2.02. The van der Waals surface area contributed by atoms with E-state index in [1.54, 1.807) is 0 Å². The van der Waals surface area contributed by atoms with Gasteiger partial charge >= 0.3 is 0 Å². The molecule has 0 aliphatic carbocycles. The summed E-state index contributed by atoms with van der Waals surface area (Å²) in [5.74, 6) is 0. The Morgan fingerprint density at radius 1 is 1.11 bits per heavy atom. The fourth-order valence-electron chi connectivity index (χ4n) is 0.455. The third kappa shape index (κ3) is 0.887. The maximum Gasteiger partial charge on any atom is 0.237 e. The van der Waals surface area contributed by atoms with E-state index in [0.717, 1.165) is 12.5 Å². The molecule has 0 N–H and O–H groups in total. The van der Waals surface area contributed by atoms with E-state index in [9.17, 15) is 9.59 Å². The van der Waals surface area contributed by atoms with E-state index in [2.05, 4.69) is 4.42 Å². The van der Waals surface area contributed by atoms with Crippen molar-refractivity contribution in [2.24, 2.45) is 0 Å². The number of hydrogen-bond donors (Lipinski definition) is 0. The van der Waals surface area contributed by atoms with Gasteiger partial charge in [0, 0.05) is 0 Å². The van der Waals surface area contributed by atoms with Gasteiger partial charge in [0.2, 0.25) is 12.6 Å². The van der Waals surface area contributed by atoms with Crippen molar-refractivity contribution < 1.29 is 14.0 Å². The van der Waals surface area contributed by atoms with Crippen molar-refractivity contribution >= 4 is 12.6 Å². The standard InChI is InChI=1S/C6H2O3/c7-1-5-3-9-4-6(5)2-8/h3-4H. The molecule has 0 saturated heterocycles. The zero-order valence-electron chi connectivity index (χ0n) is 4.38. The molecule has 0 aromatic carbocycles. The van der Waals surface area contributed by atoms with Gasteiger partial charge in [-0.2, -0.15) is 0 Å². The molecule has 1 rings (SSSR count). The van der Waals surface area contributed by atoms with E-state index in [1.807, 2.05) is 0 Å². The fraction of sp³-hybridized carbons (Fsp3) is 0. The highest BCUT2D eigenvalue weighted by Gasteiger charge is 2.02. The lowest BCUT2D eigenvalue weighted by Gasteiger charge is -1.72. The Labute approximate surface area is 51.3 Å². The molecule has 3 nitrogen and oxygen atoms in total. The van der Waals surface area contributed by atoms with Gasteiger partial charge in [-0.1, -0.05) is 0 Å². The molecular weight excluding hydrogens is 120 g/mol. The van der Waals surface area contributed by atoms with Crippen LogP contribution in [0.25, 0.3) is 0 Å². The zero-order valence-corrected chi connectivity index (χ0v) is 4.38. The molecule has 1 aromatic heterocycles. The Balaban J connectivity index is 3.12. The monoisotopic (exact) mass is 122 g/mol. The summed E-state index contributed by atoms with van der Waals surface area (Å²) in [6.45, 7) is 0. The molecule has 0 bridgehead atoms. The molecule has 0 atom stereocenters. The van der Waals surface area contributed by atoms with Crippen LogP contribution in [0.15, 0.2) is 16.9 Å². The van der Waals surface area contributed by atoms with Crippen molar-refractivity contribution in [3.05, 3.63) is 23.7 Å². The average Bonchev–Trinajstić information content (AvgIpc) is 2.33. The molecule has 0 amide bonds. The van der Waals surface area contributed by atoms with E-state index < -0.39 is 0 Å². The van der Waals surface area contributed by atoms with Gasteiger partial charge in [0.25, 0.3) is 0 Å². The van der Waals surface area contributed by atoms with Crippen molar-refractivity contribution in [1.29, 1.82) is 0 Å². The second kappa shape index (κ2) is 2.26. The van der Waals surface area contributed by atoms with Crippen molar-refractivity contribution in [3.8, 4) is 0 Å². The quantitative estimate of drug-likeness (QED) is 0.562. The van der Waals surface area contributed by atoms with E-state index in [0.29, 0.717) is 0 Å². The van der Waals surface area contributed by atoms with Gasteiger partial charge in [0.1, 0.15) is 12.5 Å². The lowest BCUT2D eigenvalue weighted by molar-refractivity contribution is 0.553. The molecule has 0 aliphatic rings. The van der Waals surface area contributed by atoms with Crippen molar-refractivity contribution in [3.63, 3.8) is 0 Å². The van der Waals surface area contributed by atoms with Gasteiger partial charge in [0.05, 0.1) is 11.1 Å². The molecule has 44 valence electrons. The smallest absolute Gasteiger partial charge is 0.237 e. The van der Waals surface area contributed by atoms with Crippen LogP contribution in [0, 0.1) is 0 Å². The highest BCUT2D eigenvalue weighted by atomic mass is 16.3. The first-order chi connectivity index (χ1) is 4.38. The van der Waals surface area contributed by atoms with Gasteiger partial charge in [-0.05, 0) is 0 Å². The van der Waals surface area contributed by atoms with Crippen LogP contribution in [-0.4, -0.2) is 12.6 Å². The highest BCUT2D eigenvalue weighted by molar-refractivity contribution is 5.89. The summed E-state index contributed by atoms with van der Waals surface area (Å²) in [5.41, 5.74) is 0.231. The van der Waals surface area contributed by atoms with Crippen molar-refractivity contribution in [2.75, 3.05) is 0 Å². The molecule has 9 heavy (non-hydrogen) atoms. The zero-order chi connectivity index (χ0) is 6.69. The SMILES string of the molecule is O=[C]c1cocc1[C]=O.